The zero-order valence-corrected chi connectivity index (χ0v) is 15.3. The third-order valence-corrected chi connectivity index (χ3v) is 5.04. The number of fused-ring (bicyclic) bond motifs is 2. The van der Waals surface area contributed by atoms with Crippen LogP contribution in [0.15, 0.2) is 42.5 Å². The molecule has 1 unspecified atom stereocenters. The topological polar surface area (TPSA) is 35.5 Å². The highest BCUT2D eigenvalue weighted by molar-refractivity contribution is 6.00. The predicted octanol–water partition coefficient (Wildman–Crippen LogP) is 5.12. The van der Waals surface area contributed by atoms with Gasteiger partial charge in [0.15, 0.2) is 5.78 Å². The number of ether oxygens (including phenoxy) is 2. The van der Waals surface area contributed by atoms with Crippen LogP contribution in [0, 0.1) is 0 Å². The van der Waals surface area contributed by atoms with Gasteiger partial charge in [-0.25, -0.2) is 0 Å². The van der Waals surface area contributed by atoms with Crippen LogP contribution < -0.4 is 9.47 Å². The largest absolute Gasteiger partial charge is 0.487 e. The minimum Gasteiger partial charge on any atom is -0.487 e. The van der Waals surface area contributed by atoms with Crippen molar-refractivity contribution in [1.82, 2.24) is 0 Å². The summed E-state index contributed by atoms with van der Waals surface area (Å²) in [7, 11) is 0. The summed E-state index contributed by atoms with van der Waals surface area (Å²) in [5, 5.41) is 0. The van der Waals surface area contributed by atoms with Crippen molar-refractivity contribution in [2.24, 2.45) is 0 Å². The van der Waals surface area contributed by atoms with E-state index >= 15 is 0 Å². The van der Waals surface area contributed by atoms with Crippen LogP contribution in [0.5, 0.6) is 11.5 Å². The molecule has 4 rings (SSSR count). The Labute approximate surface area is 149 Å². The maximum atomic E-state index is 12.6. The molecule has 2 aromatic carbocycles. The quantitative estimate of drug-likeness (QED) is 0.725. The van der Waals surface area contributed by atoms with Crippen molar-refractivity contribution in [2.45, 2.75) is 57.7 Å². The van der Waals surface area contributed by atoms with Gasteiger partial charge < -0.3 is 9.47 Å². The van der Waals surface area contributed by atoms with Crippen molar-refractivity contribution in [3.63, 3.8) is 0 Å². The molecule has 0 fully saturated rings. The van der Waals surface area contributed by atoms with E-state index < -0.39 is 5.60 Å². The van der Waals surface area contributed by atoms with Crippen LogP contribution >= 0.6 is 0 Å². The van der Waals surface area contributed by atoms with E-state index in [4.69, 9.17) is 9.47 Å². The first kappa shape index (κ1) is 16.2. The molecule has 2 aromatic rings. The van der Waals surface area contributed by atoms with Gasteiger partial charge >= 0.3 is 0 Å². The number of benzene rings is 2. The SMILES string of the molecule is CC1(C)CC(=O)c2cc3c(cc2O1)OC(C)(C)CC3c1ccccc1. The first-order valence-corrected chi connectivity index (χ1v) is 8.88. The van der Waals surface area contributed by atoms with Gasteiger partial charge in [-0.15, -0.1) is 0 Å². The number of carbonyl (C=O) groups is 1. The minimum absolute atomic E-state index is 0.144. The van der Waals surface area contributed by atoms with Gasteiger partial charge in [-0.3, -0.25) is 4.79 Å². The maximum absolute atomic E-state index is 12.6. The molecule has 3 heteroatoms. The van der Waals surface area contributed by atoms with E-state index in [1.807, 2.05) is 32.0 Å². The Hall–Kier alpha value is -2.29. The van der Waals surface area contributed by atoms with E-state index in [9.17, 15) is 4.79 Å². The van der Waals surface area contributed by atoms with Crippen molar-refractivity contribution in [1.29, 1.82) is 0 Å². The Kier molecular flexibility index (Phi) is 3.47. The van der Waals surface area contributed by atoms with Crippen LogP contribution in [-0.2, 0) is 0 Å². The number of Topliss-reactive ketones (excluding diaryl/α,β-unsaturated/α-hetero) is 1. The zero-order valence-electron chi connectivity index (χ0n) is 15.3. The van der Waals surface area contributed by atoms with Gasteiger partial charge in [0, 0.05) is 17.5 Å². The molecule has 130 valence electrons. The smallest absolute Gasteiger partial charge is 0.170 e. The average Bonchev–Trinajstić information content (AvgIpc) is 2.51. The van der Waals surface area contributed by atoms with E-state index in [0.29, 0.717) is 17.7 Å². The molecule has 25 heavy (non-hydrogen) atoms. The number of ketones is 1. The summed E-state index contributed by atoms with van der Waals surface area (Å²) in [5.41, 5.74) is 2.28. The van der Waals surface area contributed by atoms with Crippen LogP contribution in [0.2, 0.25) is 0 Å². The van der Waals surface area contributed by atoms with Gasteiger partial charge in [0.25, 0.3) is 0 Å². The zero-order chi connectivity index (χ0) is 17.8. The molecule has 0 aromatic heterocycles. The van der Waals surface area contributed by atoms with E-state index in [-0.39, 0.29) is 17.3 Å². The summed E-state index contributed by atoms with van der Waals surface area (Å²) in [6.07, 6.45) is 1.28. The molecule has 0 spiro atoms. The van der Waals surface area contributed by atoms with Crippen LogP contribution in [0.3, 0.4) is 0 Å². The molecule has 0 bridgehead atoms. The van der Waals surface area contributed by atoms with Gasteiger partial charge in [-0.1, -0.05) is 30.3 Å². The highest BCUT2D eigenvalue weighted by Crippen LogP contribution is 2.48. The Morgan fingerprint density at radius 2 is 1.60 bits per heavy atom. The van der Waals surface area contributed by atoms with Crippen molar-refractivity contribution in [2.75, 3.05) is 0 Å². The lowest BCUT2D eigenvalue weighted by atomic mass is 9.78. The number of rotatable bonds is 1. The highest BCUT2D eigenvalue weighted by atomic mass is 16.5. The standard InChI is InChI=1S/C22H24O3/c1-21(2)12-17(14-8-6-5-7-9-14)15-10-16-18(23)13-22(3,4)25-20(16)11-19(15)24-21/h5-11,17H,12-13H2,1-4H3. The summed E-state index contributed by atoms with van der Waals surface area (Å²) in [5.74, 6) is 1.83. The van der Waals surface area contributed by atoms with Gasteiger partial charge in [-0.05, 0) is 45.7 Å². The molecule has 0 N–H and O–H groups in total. The number of carbonyl (C=O) groups excluding carboxylic acids is 1. The Balaban J connectivity index is 1.87. The fourth-order valence-electron chi connectivity index (χ4n) is 3.98. The monoisotopic (exact) mass is 336 g/mol. The molecule has 0 saturated heterocycles. The number of hydrogen-bond donors (Lipinski definition) is 0. The summed E-state index contributed by atoms with van der Waals surface area (Å²) < 4.78 is 12.3. The molecule has 2 heterocycles. The normalized spacial score (nSPS) is 23.0. The van der Waals surface area contributed by atoms with Gasteiger partial charge in [0.2, 0.25) is 0 Å². The third kappa shape index (κ3) is 2.92. The van der Waals surface area contributed by atoms with E-state index in [1.165, 1.54) is 5.56 Å². The average molecular weight is 336 g/mol. The van der Waals surface area contributed by atoms with Crippen molar-refractivity contribution in [3.05, 3.63) is 59.2 Å². The molecular formula is C22H24O3. The molecule has 3 nitrogen and oxygen atoms in total. The molecule has 0 radical (unpaired) electrons. The van der Waals surface area contributed by atoms with Crippen LogP contribution in [0.4, 0.5) is 0 Å². The van der Waals surface area contributed by atoms with E-state index in [1.54, 1.807) is 0 Å². The molecule has 0 amide bonds. The molecule has 1 atom stereocenters. The second-order valence-electron chi connectivity index (χ2n) is 8.38. The minimum atomic E-state index is -0.471. The highest BCUT2D eigenvalue weighted by Gasteiger charge is 2.39. The molecule has 0 saturated carbocycles. The summed E-state index contributed by atoms with van der Waals surface area (Å²) in [6, 6.07) is 14.4. The van der Waals surface area contributed by atoms with Gasteiger partial charge in [0.05, 0.1) is 12.0 Å². The predicted molar refractivity (Wildman–Crippen MR) is 97.7 cm³/mol. The lowest BCUT2D eigenvalue weighted by Crippen LogP contribution is -2.38. The Bertz CT molecular complexity index is 834. The summed E-state index contributed by atoms with van der Waals surface area (Å²) >= 11 is 0. The molecule has 2 aliphatic heterocycles. The van der Waals surface area contributed by atoms with E-state index in [0.717, 1.165) is 17.7 Å². The van der Waals surface area contributed by atoms with Crippen LogP contribution in [0.1, 0.15) is 67.9 Å². The second kappa shape index (κ2) is 5.35. The third-order valence-electron chi connectivity index (χ3n) is 5.04. The Morgan fingerprint density at radius 3 is 2.32 bits per heavy atom. The van der Waals surface area contributed by atoms with Crippen molar-refractivity contribution >= 4 is 5.78 Å². The van der Waals surface area contributed by atoms with Crippen LogP contribution in [0.25, 0.3) is 0 Å². The lowest BCUT2D eigenvalue weighted by Gasteiger charge is -2.39. The van der Waals surface area contributed by atoms with Crippen molar-refractivity contribution < 1.29 is 14.3 Å². The molecule has 0 aliphatic carbocycles. The van der Waals surface area contributed by atoms with Crippen molar-refractivity contribution in [3.8, 4) is 11.5 Å². The first-order valence-electron chi connectivity index (χ1n) is 8.88. The van der Waals surface area contributed by atoms with Crippen LogP contribution in [-0.4, -0.2) is 17.0 Å². The number of hydrogen-bond acceptors (Lipinski definition) is 3. The van der Waals surface area contributed by atoms with E-state index in [2.05, 4.69) is 38.1 Å². The fraction of sp³-hybridized carbons (Fsp3) is 0.409. The summed E-state index contributed by atoms with van der Waals surface area (Å²) in [4.78, 5) is 12.6. The lowest BCUT2D eigenvalue weighted by molar-refractivity contribution is 0.0590. The summed E-state index contributed by atoms with van der Waals surface area (Å²) in [6.45, 7) is 8.12. The molecule has 2 aliphatic rings. The second-order valence-corrected chi connectivity index (χ2v) is 8.38. The fourth-order valence-corrected chi connectivity index (χ4v) is 3.98. The van der Waals surface area contributed by atoms with Gasteiger partial charge in [-0.2, -0.15) is 0 Å². The Morgan fingerprint density at radius 1 is 0.920 bits per heavy atom. The maximum Gasteiger partial charge on any atom is 0.170 e. The molecular weight excluding hydrogens is 312 g/mol. The van der Waals surface area contributed by atoms with Gasteiger partial charge in [0.1, 0.15) is 22.7 Å². The first-order chi connectivity index (χ1) is 11.7.